The van der Waals surface area contributed by atoms with Crippen LogP contribution >= 0.6 is 0 Å². The molecule has 0 atom stereocenters. The molecule has 0 unspecified atom stereocenters. The van der Waals surface area contributed by atoms with Crippen molar-refractivity contribution < 1.29 is 33.7 Å². The lowest BCUT2D eigenvalue weighted by Crippen LogP contribution is -2.16. The molecule has 0 saturated heterocycles. The lowest BCUT2D eigenvalue weighted by Gasteiger charge is -2.10. The number of carboxylic acids is 1. The molecule has 1 aromatic carbocycles. The zero-order valence-electron chi connectivity index (χ0n) is 18.6. The number of carboxylic acid groups (broad SMARTS) is 1. The predicted molar refractivity (Wildman–Crippen MR) is 118 cm³/mol. The summed E-state index contributed by atoms with van der Waals surface area (Å²) in [4.78, 5) is 34.7. The van der Waals surface area contributed by atoms with Crippen molar-refractivity contribution in [3.63, 3.8) is 0 Å². The Hall–Kier alpha value is -2.77. The highest BCUT2D eigenvalue weighted by atomic mass is 16.7. The average Bonchev–Trinajstić information content (AvgIpc) is 2.73. The molecule has 174 valence electrons. The molecule has 0 saturated carbocycles. The summed E-state index contributed by atoms with van der Waals surface area (Å²) in [5, 5.41) is 11.8. The number of rotatable bonds is 15. The van der Waals surface area contributed by atoms with Crippen molar-refractivity contribution in [3.05, 3.63) is 23.8 Å². The van der Waals surface area contributed by atoms with Crippen LogP contribution in [0.25, 0.3) is 0 Å². The fourth-order valence-corrected chi connectivity index (χ4v) is 3.01. The first-order valence-electron chi connectivity index (χ1n) is 11.1. The first-order valence-corrected chi connectivity index (χ1v) is 11.1. The van der Waals surface area contributed by atoms with Gasteiger partial charge in [-0.05, 0) is 31.5 Å². The van der Waals surface area contributed by atoms with Crippen molar-refractivity contribution in [2.45, 2.75) is 78.1 Å². The van der Waals surface area contributed by atoms with Gasteiger partial charge in [0, 0.05) is 5.69 Å². The maximum Gasteiger partial charge on any atom is 0.513 e. The molecule has 0 radical (unpaired) electrons. The van der Waals surface area contributed by atoms with E-state index in [4.69, 9.17) is 9.47 Å². The van der Waals surface area contributed by atoms with E-state index in [0.717, 1.165) is 19.3 Å². The van der Waals surface area contributed by atoms with Gasteiger partial charge in [0.15, 0.2) is 0 Å². The summed E-state index contributed by atoms with van der Waals surface area (Å²) < 4.78 is 14.6. The zero-order chi connectivity index (χ0) is 22.9. The van der Waals surface area contributed by atoms with E-state index in [1.807, 2.05) is 0 Å². The third-order valence-corrected chi connectivity index (χ3v) is 4.64. The molecule has 0 bridgehead atoms. The van der Waals surface area contributed by atoms with Gasteiger partial charge in [-0.2, -0.15) is 0 Å². The first-order chi connectivity index (χ1) is 15.0. The smallest absolute Gasteiger partial charge is 0.478 e. The van der Waals surface area contributed by atoms with Crippen LogP contribution in [-0.4, -0.2) is 36.5 Å². The Morgan fingerprint density at radius 2 is 1.48 bits per heavy atom. The maximum absolute atomic E-state index is 11.9. The van der Waals surface area contributed by atoms with Gasteiger partial charge in [0.1, 0.15) is 11.3 Å². The van der Waals surface area contributed by atoms with E-state index in [9.17, 15) is 19.5 Å². The summed E-state index contributed by atoms with van der Waals surface area (Å²) in [6.45, 7) is 4.23. The molecule has 0 aliphatic heterocycles. The minimum atomic E-state index is -1.30. The van der Waals surface area contributed by atoms with Gasteiger partial charge >= 0.3 is 18.2 Å². The molecule has 1 aromatic rings. The monoisotopic (exact) mass is 437 g/mol. The number of anilines is 1. The second kappa shape index (κ2) is 16.0. The van der Waals surface area contributed by atoms with E-state index in [2.05, 4.69) is 17.0 Å². The summed E-state index contributed by atoms with van der Waals surface area (Å²) in [5.74, 6) is -1.48. The zero-order valence-corrected chi connectivity index (χ0v) is 18.6. The molecule has 2 N–H and O–H groups in total. The average molecular weight is 438 g/mol. The molecular formula is C23H35NO7. The van der Waals surface area contributed by atoms with Gasteiger partial charge in [-0.15, -0.1) is 0 Å². The van der Waals surface area contributed by atoms with Gasteiger partial charge in [0.05, 0.1) is 13.2 Å². The van der Waals surface area contributed by atoms with Crippen LogP contribution in [0.1, 0.15) is 88.4 Å². The lowest BCUT2D eigenvalue weighted by molar-refractivity contribution is 0.0690. The molecule has 8 heteroatoms. The number of aromatic carboxylic acids is 1. The standard InChI is InChI=1S/C23H35NO7/c1-3-5-6-7-8-9-10-11-12-13-16-30-22(27)24-18-14-15-20(19(17-18)21(25)26)31-23(28)29-4-2/h14-15,17H,3-13,16H2,1-2H3,(H,24,27)(H,25,26). The van der Waals surface area contributed by atoms with Crippen molar-refractivity contribution in [1.82, 2.24) is 0 Å². The molecule has 0 heterocycles. The molecule has 0 aliphatic rings. The molecule has 0 aliphatic carbocycles. The summed E-state index contributed by atoms with van der Waals surface area (Å²) in [6.07, 6.45) is 10.2. The number of hydrogen-bond acceptors (Lipinski definition) is 6. The third kappa shape index (κ3) is 11.9. The van der Waals surface area contributed by atoms with Crippen LogP contribution in [0.3, 0.4) is 0 Å². The third-order valence-electron chi connectivity index (χ3n) is 4.64. The number of amides is 1. The molecule has 0 fully saturated rings. The van der Waals surface area contributed by atoms with E-state index < -0.39 is 18.2 Å². The normalized spacial score (nSPS) is 10.4. The molecule has 1 amide bonds. The fourth-order valence-electron chi connectivity index (χ4n) is 3.01. The van der Waals surface area contributed by atoms with Gasteiger partial charge < -0.3 is 19.3 Å². The van der Waals surface area contributed by atoms with Crippen LogP contribution in [0.5, 0.6) is 5.75 Å². The second-order valence-corrected chi connectivity index (χ2v) is 7.24. The van der Waals surface area contributed by atoms with Crippen molar-refractivity contribution in [2.75, 3.05) is 18.5 Å². The fraction of sp³-hybridized carbons (Fsp3) is 0.609. The summed E-state index contributed by atoms with van der Waals surface area (Å²) >= 11 is 0. The van der Waals surface area contributed by atoms with Crippen LogP contribution in [0, 0.1) is 0 Å². The number of benzene rings is 1. The van der Waals surface area contributed by atoms with Gasteiger partial charge in [-0.25, -0.2) is 14.4 Å². The largest absolute Gasteiger partial charge is 0.513 e. The van der Waals surface area contributed by atoms with E-state index >= 15 is 0 Å². The molecule has 8 nitrogen and oxygen atoms in total. The number of carbonyl (C=O) groups is 3. The lowest BCUT2D eigenvalue weighted by atomic mass is 10.1. The Balaban J connectivity index is 2.30. The number of hydrogen-bond donors (Lipinski definition) is 2. The van der Waals surface area contributed by atoms with Gasteiger partial charge in [0.2, 0.25) is 0 Å². The van der Waals surface area contributed by atoms with Crippen LogP contribution in [0.15, 0.2) is 18.2 Å². The highest BCUT2D eigenvalue weighted by Gasteiger charge is 2.17. The Kier molecular flexibility index (Phi) is 13.5. The maximum atomic E-state index is 11.9. The van der Waals surface area contributed by atoms with Crippen LogP contribution in [0.4, 0.5) is 15.3 Å². The Labute approximate surface area is 184 Å². The van der Waals surface area contributed by atoms with E-state index in [1.54, 1.807) is 6.92 Å². The quantitative estimate of drug-likeness (QED) is 0.186. The molecule has 31 heavy (non-hydrogen) atoms. The van der Waals surface area contributed by atoms with Crippen LogP contribution in [-0.2, 0) is 9.47 Å². The Morgan fingerprint density at radius 3 is 2.06 bits per heavy atom. The van der Waals surface area contributed by atoms with E-state index in [1.165, 1.54) is 63.1 Å². The Morgan fingerprint density at radius 1 is 0.871 bits per heavy atom. The summed E-state index contributed by atoms with van der Waals surface area (Å²) in [7, 11) is 0. The number of nitrogens with one attached hydrogen (secondary N) is 1. The Bertz CT molecular complexity index is 691. The van der Waals surface area contributed by atoms with Crippen molar-refractivity contribution in [1.29, 1.82) is 0 Å². The highest BCUT2D eigenvalue weighted by Crippen LogP contribution is 2.24. The topological polar surface area (TPSA) is 111 Å². The number of ether oxygens (including phenoxy) is 3. The molecule has 0 spiro atoms. The second-order valence-electron chi connectivity index (χ2n) is 7.24. The number of unbranched alkanes of at least 4 members (excludes halogenated alkanes) is 9. The SMILES string of the molecule is CCCCCCCCCCCCOC(=O)Nc1ccc(OC(=O)OCC)c(C(=O)O)c1. The molecule has 0 aromatic heterocycles. The van der Waals surface area contributed by atoms with Crippen LogP contribution < -0.4 is 10.1 Å². The first kappa shape index (κ1) is 26.3. The van der Waals surface area contributed by atoms with Gasteiger partial charge in [-0.3, -0.25) is 5.32 Å². The highest BCUT2D eigenvalue weighted by molar-refractivity contribution is 5.94. The van der Waals surface area contributed by atoms with Gasteiger partial charge in [-0.1, -0.05) is 64.7 Å². The minimum absolute atomic E-state index is 0.103. The van der Waals surface area contributed by atoms with Crippen molar-refractivity contribution in [3.8, 4) is 5.75 Å². The minimum Gasteiger partial charge on any atom is -0.478 e. The van der Waals surface area contributed by atoms with Crippen molar-refractivity contribution in [2.24, 2.45) is 0 Å². The van der Waals surface area contributed by atoms with Crippen molar-refractivity contribution >= 4 is 23.9 Å². The summed E-state index contributed by atoms with van der Waals surface area (Å²) in [5.41, 5.74) is -0.0535. The molecule has 1 rings (SSSR count). The predicted octanol–water partition coefficient (Wildman–Crippen LogP) is 6.39. The van der Waals surface area contributed by atoms with Crippen LogP contribution in [0.2, 0.25) is 0 Å². The number of carbonyl (C=O) groups excluding carboxylic acids is 2. The molecular weight excluding hydrogens is 402 g/mol. The van der Waals surface area contributed by atoms with E-state index in [-0.39, 0.29) is 23.6 Å². The van der Waals surface area contributed by atoms with Gasteiger partial charge in [0.25, 0.3) is 0 Å². The van der Waals surface area contributed by atoms with E-state index in [0.29, 0.717) is 6.61 Å². The summed E-state index contributed by atoms with van der Waals surface area (Å²) in [6, 6.07) is 3.89.